The SMILES string of the molecule is C=CC(=O)Oc1ccc2cc(C=C)ccc2c1. The van der Waals surface area contributed by atoms with Gasteiger partial charge in [-0.05, 0) is 34.5 Å². The molecule has 17 heavy (non-hydrogen) atoms. The summed E-state index contributed by atoms with van der Waals surface area (Å²) in [5.74, 6) is 0.0702. The third kappa shape index (κ3) is 2.42. The number of fused-ring (bicyclic) bond motifs is 1. The molecule has 0 saturated heterocycles. The minimum absolute atomic E-state index is 0.452. The smallest absolute Gasteiger partial charge is 0.335 e. The van der Waals surface area contributed by atoms with Gasteiger partial charge in [-0.3, -0.25) is 0 Å². The second-order valence-corrected chi connectivity index (χ2v) is 3.60. The Morgan fingerprint density at radius 3 is 2.47 bits per heavy atom. The first-order chi connectivity index (χ1) is 8.22. The fraction of sp³-hybridized carbons (Fsp3) is 0. The van der Waals surface area contributed by atoms with Crippen molar-refractivity contribution in [3.05, 3.63) is 61.2 Å². The van der Waals surface area contributed by atoms with Gasteiger partial charge in [-0.2, -0.15) is 0 Å². The lowest BCUT2D eigenvalue weighted by Crippen LogP contribution is -2.02. The van der Waals surface area contributed by atoms with Gasteiger partial charge in [-0.1, -0.05) is 37.4 Å². The Morgan fingerprint density at radius 1 is 1.06 bits per heavy atom. The van der Waals surface area contributed by atoms with Crippen LogP contribution < -0.4 is 4.74 Å². The molecule has 84 valence electrons. The lowest BCUT2D eigenvalue weighted by atomic mass is 10.1. The lowest BCUT2D eigenvalue weighted by molar-refractivity contribution is -0.128. The average molecular weight is 224 g/mol. The zero-order valence-corrected chi connectivity index (χ0v) is 9.35. The van der Waals surface area contributed by atoms with E-state index in [2.05, 4.69) is 13.2 Å². The van der Waals surface area contributed by atoms with Crippen LogP contribution in [-0.4, -0.2) is 5.97 Å². The van der Waals surface area contributed by atoms with Crippen LogP contribution in [0.4, 0.5) is 0 Å². The van der Waals surface area contributed by atoms with Crippen LogP contribution in [0.3, 0.4) is 0 Å². The summed E-state index contributed by atoms with van der Waals surface area (Å²) in [6.45, 7) is 7.08. The van der Waals surface area contributed by atoms with Crippen molar-refractivity contribution in [3.63, 3.8) is 0 Å². The van der Waals surface area contributed by atoms with E-state index in [1.54, 1.807) is 12.1 Å². The van der Waals surface area contributed by atoms with E-state index in [0.29, 0.717) is 5.75 Å². The number of esters is 1. The van der Waals surface area contributed by atoms with Gasteiger partial charge >= 0.3 is 5.97 Å². The highest BCUT2D eigenvalue weighted by molar-refractivity contribution is 5.88. The number of ether oxygens (including phenoxy) is 1. The highest BCUT2D eigenvalue weighted by Crippen LogP contribution is 2.22. The zero-order chi connectivity index (χ0) is 12.3. The number of hydrogen-bond acceptors (Lipinski definition) is 2. The van der Waals surface area contributed by atoms with Crippen molar-refractivity contribution in [2.75, 3.05) is 0 Å². The van der Waals surface area contributed by atoms with Gasteiger partial charge in [0.2, 0.25) is 0 Å². The van der Waals surface area contributed by atoms with E-state index in [4.69, 9.17) is 4.74 Å². The number of hydrogen-bond donors (Lipinski definition) is 0. The molecule has 0 radical (unpaired) electrons. The van der Waals surface area contributed by atoms with Gasteiger partial charge < -0.3 is 4.74 Å². The van der Waals surface area contributed by atoms with Crippen LogP contribution in [-0.2, 0) is 4.79 Å². The molecule has 0 amide bonds. The number of carbonyl (C=O) groups is 1. The van der Waals surface area contributed by atoms with E-state index >= 15 is 0 Å². The number of carbonyl (C=O) groups excluding carboxylic acids is 1. The van der Waals surface area contributed by atoms with Crippen molar-refractivity contribution in [2.24, 2.45) is 0 Å². The molecule has 0 bridgehead atoms. The third-order valence-electron chi connectivity index (χ3n) is 2.46. The van der Waals surface area contributed by atoms with Gasteiger partial charge in [0.1, 0.15) is 5.75 Å². The van der Waals surface area contributed by atoms with Gasteiger partial charge in [0.05, 0.1) is 0 Å². The fourth-order valence-electron chi connectivity index (χ4n) is 1.59. The first-order valence-corrected chi connectivity index (χ1v) is 5.23. The lowest BCUT2D eigenvalue weighted by Gasteiger charge is -2.04. The van der Waals surface area contributed by atoms with E-state index < -0.39 is 5.97 Å². The van der Waals surface area contributed by atoms with Crippen molar-refractivity contribution in [2.45, 2.75) is 0 Å². The van der Waals surface area contributed by atoms with Crippen LogP contribution in [0.1, 0.15) is 5.56 Å². The van der Waals surface area contributed by atoms with E-state index in [1.165, 1.54) is 0 Å². The molecule has 2 aromatic rings. The first-order valence-electron chi connectivity index (χ1n) is 5.23. The first kappa shape index (κ1) is 11.1. The Morgan fingerprint density at radius 2 is 1.76 bits per heavy atom. The molecule has 0 aliphatic carbocycles. The van der Waals surface area contributed by atoms with Crippen molar-refractivity contribution in [1.29, 1.82) is 0 Å². The molecule has 0 N–H and O–H groups in total. The molecule has 0 spiro atoms. The summed E-state index contributed by atoms with van der Waals surface area (Å²) >= 11 is 0. The Hall–Kier alpha value is -2.35. The molecule has 0 heterocycles. The molecular formula is C15H12O2. The molecule has 2 nitrogen and oxygen atoms in total. The molecule has 0 atom stereocenters. The minimum Gasteiger partial charge on any atom is -0.423 e. The average Bonchev–Trinajstić information content (AvgIpc) is 2.38. The summed E-state index contributed by atoms with van der Waals surface area (Å²) in [7, 11) is 0. The predicted octanol–water partition coefficient (Wildman–Crippen LogP) is 3.57. The maximum Gasteiger partial charge on any atom is 0.335 e. The molecule has 0 aliphatic rings. The minimum atomic E-state index is -0.452. The largest absolute Gasteiger partial charge is 0.423 e. The Balaban J connectivity index is 2.41. The molecule has 2 rings (SSSR count). The Labute approximate surface area is 99.8 Å². The summed E-state index contributed by atoms with van der Waals surface area (Å²) in [6, 6.07) is 11.5. The van der Waals surface area contributed by atoms with E-state index in [-0.39, 0.29) is 0 Å². The quantitative estimate of drug-likeness (QED) is 0.452. The van der Waals surface area contributed by atoms with Crippen molar-refractivity contribution >= 4 is 22.8 Å². The normalized spacial score (nSPS) is 9.88. The molecular weight excluding hydrogens is 212 g/mol. The molecule has 0 saturated carbocycles. The summed E-state index contributed by atoms with van der Waals surface area (Å²) < 4.78 is 5.05. The second kappa shape index (κ2) is 4.66. The Kier molecular flexibility index (Phi) is 3.06. The van der Waals surface area contributed by atoms with Crippen LogP contribution in [0.5, 0.6) is 5.75 Å². The molecule has 0 fully saturated rings. The third-order valence-corrected chi connectivity index (χ3v) is 2.46. The van der Waals surface area contributed by atoms with Crippen molar-refractivity contribution in [3.8, 4) is 5.75 Å². The maximum absolute atomic E-state index is 11.1. The Bertz CT molecular complexity index is 597. The topological polar surface area (TPSA) is 26.3 Å². The molecule has 0 aromatic heterocycles. The van der Waals surface area contributed by atoms with Gasteiger partial charge in [0.15, 0.2) is 0 Å². The van der Waals surface area contributed by atoms with Crippen LogP contribution in [0.25, 0.3) is 16.8 Å². The van der Waals surface area contributed by atoms with Gasteiger partial charge in [-0.25, -0.2) is 4.79 Å². The van der Waals surface area contributed by atoms with Crippen LogP contribution in [0.15, 0.2) is 55.6 Å². The number of rotatable bonds is 3. The maximum atomic E-state index is 11.1. The summed E-state index contributed by atoms with van der Waals surface area (Å²) in [5, 5.41) is 2.10. The molecule has 0 unspecified atom stereocenters. The van der Waals surface area contributed by atoms with Gasteiger partial charge in [-0.15, -0.1) is 0 Å². The van der Waals surface area contributed by atoms with E-state index in [9.17, 15) is 4.79 Å². The molecule has 0 aliphatic heterocycles. The van der Waals surface area contributed by atoms with Gasteiger partial charge in [0, 0.05) is 6.08 Å². The van der Waals surface area contributed by atoms with Crippen LogP contribution >= 0.6 is 0 Å². The highest BCUT2D eigenvalue weighted by Gasteiger charge is 2.01. The summed E-state index contributed by atoms with van der Waals surface area (Å²) in [5.41, 5.74) is 1.06. The van der Waals surface area contributed by atoms with Crippen molar-refractivity contribution in [1.82, 2.24) is 0 Å². The standard InChI is InChI=1S/C15H12O2/c1-3-11-5-6-13-10-14(17-15(16)4-2)8-7-12(13)9-11/h3-10H,1-2H2. The second-order valence-electron chi connectivity index (χ2n) is 3.60. The number of benzene rings is 2. The van der Waals surface area contributed by atoms with Gasteiger partial charge in [0.25, 0.3) is 0 Å². The highest BCUT2D eigenvalue weighted by atomic mass is 16.5. The summed E-state index contributed by atoms with van der Waals surface area (Å²) in [6.07, 6.45) is 2.94. The van der Waals surface area contributed by atoms with Crippen LogP contribution in [0, 0.1) is 0 Å². The van der Waals surface area contributed by atoms with E-state index in [1.807, 2.05) is 30.3 Å². The summed E-state index contributed by atoms with van der Waals surface area (Å²) in [4.78, 5) is 11.1. The van der Waals surface area contributed by atoms with Crippen LogP contribution in [0.2, 0.25) is 0 Å². The fourth-order valence-corrected chi connectivity index (χ4v) is 1.59. The zero-order valence-electron chi connectivity index (χ0n) is 9.35. The predicted molar refractivity (Wildman–Crippen MR) is 69.9 cm³/mol. The molecule has 2 aromatic carbocycles. The van der Waals surface area contributed by atoms with E-state index in [0.717, 1.165) is 22.4 Å². The monoisotopic (exact) mass is 224 g/mol. The van der Waals surface area contributed by atoms with Crippen molar-refractivity contribution < 1.29 is 9.53 Å². The molecule has 2 heteroatoms.